The van der Waals surface area contributed by atoms with Gasteiger partial charge in [-0.2, -0.15) is 0 Å². The minimum absolute atomic E-state index is 0.00229. The number of carbonyl (C=O) groups is 1. The Morgan fingerprint density at radius 3 is 2.53 bits per heavy atom. The fourth-order valence-corrected chi connectivity index (χ4v) is 2.36. The summed E-state index contributed by atoms with van der Waals surface area (Å²) in [6.45, 7) is 1.16. The van der Waals surface area contributed by atoms with Crippen LogP contribution in [0, 0.1) is 16.0 Å². The molecule has 19 heavy (non-hydrogen) atoms. The fourth-order valence-electron chi connectivity index (χ4n) is 2.36. The molecule has 1 aromatic rings. The van der Waals surface area contributed by atoms with Crippen molar-refractivity contribution in [2.24, 2.45) is 11.7 Å². The van der Waals surface area contributed by atoms with Crippen molar-refractivity contribution >= 4 is 23.0 Å². The Labute approximate surface area is 110 Å². The van der Waals surface area contributed by atoms with Crippen LogP contribution in [0.5, 0.6) is 0 Å². The maximum atomic E-state index is 11.1. The van der Waals surface area contributed by atoms with E-state index >= 15 is 0 Å². The number of hydrogen-bond donors (Lipinski definition) is 2. The first-order valence-electron chi connectivity index (χ1n) is 6.07. The van der Waals surface area contributed by atoms with Gasteiger partial charge in [0.15, 0.2) is 0 Å². The Kier molecular flexibility index (Phi) is 3.55. The Hall–Kier alpha value is -2.31. The number of nitro benzene ring substituents is 1. The highest BCUT2D eigenvalue weighted by atomic mass is 16.6. The number of primary amides is 1. The maximum absolute atomic E-state index is 11.1. The van der Waals surface area contributed by atoms with Crippen LogP contribution in [0.3, 0.4) is 0 Å². The molecule has 0 aliphatic carbocycles. The molecule has 0 atom stereocenters. The minimum Gasteiger partial charge on any atom is -0.399 e. The van der Waals surface area contributed by atoms with Gasteiger partial charge in [0.1, 0.15) is 5.69 Å². The molecule has 0 aromatic heterocycles. The Morgan fingerprint density at radius 1 is 1.37 bits per heavy atom. The number of nitro groups is 1. The average Bonchev–Trinajstić information content (AvgIpc) is 2.38. The van der Waals surface area contributed by atoms with E-state index in [0.29, 0.717) is 37.3 Å². The first-order valence-corrected chi connectivity index (χ1v) is 6.07. The van der Waals surface area contributed by atoms with Gasteiger partial charge in [-0.15, -0.1) is 0 Å². The lowest BCUT2D eigenvalue weighted by Gasteiger charge is -2.31. The van der Waals surface area contributed by atoms with Gasteiger partial charge in [0.05, 0.1) is 4.92 Å². The van der Waals surface area contributed by atoms with E-state index in [9.17, 15) is 14.9 Å². The number of benzene rings is 1. The van der Waals surface area contributed by atoms with Gasteiger partial charge in [0.25, 0.3) is 5.69 Å². The van der Waals surface area contributed by atoms with E-state index in [1.807, 2.05) is 4.90 Å². The third kappa shape index (κ3) is 2.75. The van der Waals surface area contributed by atoms with E-state index in [4.69, 9.17) is 11.5 Å². The lowest BCUT2D eigenvalue weighted by molar-refractivity contribution is -0.384. The van der Waals surface area contributed by atoms with Crippen molar-refractivity contribution in [2.45, 2.75) is 12.8 Å². The largest absolute Gasteiger partial charge is 0.399 e. The van der Waals surface area contributed by atoms with Crippen molar-refractivity contribution in [1.29, 1.82) is 0 Å². The monoisotopic (exact) mass is 264 g/mol. The normalized spacial score (nSPS) is 16.3. The number of nitrogens with two attached hydrogens (primary N) is 2. The van der Waals surface area contributed by atoms with Crippen molar-refractivity contribution in [3.8, 4) is 0 Å². The zero-order valence-corrected chi connectivity index (χ0v) is 10.4. The number of amides is 1. The summed E-state index contributed by atoms with van der Waals surface area (Å²) in [5, 5.41) is 11.0. The van der Waals surface area contributed by atoms with Gasteiger partial charge >= 0.3 is 0 Å². The molecule has 1 saturated heterocycles. The number of hydrogen-bond acceptors (Lipinski definition) is 5. The molecule has 1 fully saturated rings. The molecule has 1 aliphatic rings. The zero-order valence-electron chi connectivity index (χ0n) is 10.4. The molecule has 1 amide bonds. The van der Waals surface area contributed by atoms with E-state index < -0.39 is 4.92 Å². The topological polar surface area (TPSA) is 115 Å². The molecule has 7 heteroatoms. The maximum Gasteiger partial charge on any atom is 0.294 e. The van der Waals surface area contributed by atoms with Gasteiger partial charge in [0, 0.05) is 30.8 Å². The standard InChI is InChI=1S/C12H16N4O3/c13-9-1-2-10(11(7-9)16(18)19)15-5-3-8(4-6-15)12(14)17/h1-2,7-8H,3-6,13H2,(H2,14,17). The summed E-state index contributed by atoms with van der Waals surface area (Å²) in [6, 6.07) is 4.65. The highest BCUT2D eigenvalue weighted by molar-refractivity contribution is 5.77. The van der Waals surface area contributed by atoms with E-state index in [-0.39, 0.29) is 17.5 Å². The van der Waals surface area contributed by atoms with Gasteiger partial charge in [-0.05, 0) is 25.0 Å². The predicted octanol–water partition coefficient (Wildman–Crippen LogP) is 0.879. The summed E-state index contributed by atoms with van der Waals surface area (Å²) in [5.41, 5.74) is 11.7. The Balaban J connectivity index is 2.20. The van der Waals surface area contributed by atoms with Crippen LogP contribution in [-0.4, -0.2) is 23.9 Å². The lowest BCUT2D eigenvalue weighted by Crippen LogP contribution is -2.38. The fraction of sp³-hybridized carbons (Fsp3) is 0.417. The molecule has 0 spiro atoms. The van der Waals surface area contributed by atoms with Crippen molar-refractivity contribution in [2.75, 3.05) is 23.7 Å². The molecule has 0 saturated carbocycles. The number of anilines is 2. The van der Waals surface area contributed by atoms with E-state index in [1.165, 1.54) is 6.07 Å². The molecule has 7 nitrogen and oxygen atoms in total. The average molecular weight is 264 g/mol. The summed E-state index contributed by atoms with van der Waals surface area (Å²) in [4.78, 5) is 23.6. The predicted molar refractivity (Wildman–Crippen MR) is 71.6 cm³/mol. The molecular weight excluding hydrogens is 248 g/mol. The Bertz CT molecular complexity index is 510. The number of nitrogens with zero attached hydrogens (tertiary/aromatic N) is 2. The molecule has 102 valence electrons. The first kappa shape index (κ1) is 13.1. The van der Waals surface area contributed by atoms with Crippen LogP contribution in [0.4, 0.5) is 17.1 Å². The van der Waals surface area contributed by atoms with Gasteiger partial charge in [-0.25, -0.2) is 0 Å². The van der Waals surface area contributed by atoms with Crippen molar-refractivity contribution in [3.05, 3.63) is 28.3 Å². The second kappa shape index (κ2) is 5.13. The smallest absolute Gasteiger partial charge is 0.294 e. The second-order valence-corrected chi connectivity index (χ2v) is 4.67. The molecular formula is C12H16N4O3. The zero-order chi connectivity index (χ0) is 14.0. The third-order valence-electron chi connectivity index (χ3n) is 3.43. The third-order valence-corrected chi connectivity index (χ3v) is 3.43. The number of carbonyl (C=O) groups excluding carboxylic acids is 1. The number of rotatable bonds is 3. The Morgan fingerprint density at radius 2 is 2.00 bits per heavy atom. The quantitative estimate of drug-likeness (QED) is 0.477. The lowest BCUT2D eigenvalue weighted by atomic mass is 9.96. The van der Waals surface area contributed by atoms with Crippen LogP contribution in [0.1, 0.15) is 12.8 Å². The van der Waals surface area contributed by atoms with Crippen molar-refractivity contribution < 1.29 is 9.72 Å². The first-order chi connectivity index (χ1) is 8.99. The van der Waals surface area contributed by atoms with Crippen LogP contribution < -0.4 is 16.4 Å². The van der Waals surface area contributed by atoms with Crippen molar-refractivity contribution in [1.82, 2.24) is 0 Å². The van der Waals surface area contributed by atoms with Crippen LogP contribution in [0.2, 0.25) is 0 Å². The molecule has 0 unspecified atom stereocenters. The number of piperidine rings is 1. The molecule has 1 heterocycles. The summed E-state index contributed by atoms with van der Waals surface area (Å²) in [6.07, 6.45) is 1.24. The second-order valence-electron chi connectivity index (χ2n) is 4.67. The highest BCUT2D eigenvalue weighted by Crippen LogP contribution is 2.32. The van der Waals surface area contributed by atoms with Gasteiger partial charge < -0.3 is 16.4 Å². The van der Waals surface area contributed by atoms with E-state index in [1.54, 1.807) is 12.1 Å². The van der Waals surface area contributed by atoms with E-state index in [2.05, 4.69) is 0 Å². The van der Waals surface area contributed by atoms with Gasteiger partial charge in [0.2, 0.25) is 5.91 Å². The summed E-state index contributed by atoms with van der Waals surface area (Å²) in [7, 11) is 0. The molecule has 1 aromatic carbocycles. The highest BCUT2D eigenvalue weighted by Gasteiger charge is 2.27. The van der Waals surface area contributed by atoms with Crippen LogP contribution in [0.25, 0.3) is 0 Å². The minimum atomic E-state index is -0.439. The van der Waals surface area contributed by atoms with Crippen LogP contribution in [-0.2, 0) is 4.79 Å². The van der Waals surface area contributed by atoms with Crippen LogP contribution in [0.15, 0.2) is 18.2 Å². The molecule has 1 aliphatic heterocycles. The van der Waals surface area contributed by atoms with Crippen molar-refractivity contribution in [3.63, 3.8) is 0 Å². The summed E-state index contributed by atoms with van der Waals surface area (Å²) >= 11 is 0. The summed E-state index contributed by atoms with van der Waals surface area (Å²) < 4.78 is 0. The van der Waals surface area contributed by atoms with Gasteiger partial charge in [-0.1, -0.05) is 0 Å². The van der Waals surface area contributed by atoms with Gasteiger partial charge in [-0.3, -0.25) is 14.9 Å². The van der Waals surface area contributed by atoms with E-state index in [0.717, 1.165) is 0 Å². The molecule has 2 rings (SSSR count). The SMILES string of the molecule is NC(=O)C1CCN(c2ccc(N)cc2[N+](=O)[O-])CC1. The molecule has 0 bridgehead atoms. The summed E-state index contributed by atoms with van der Waals surface area (Å²) in [5.74, 6) is -0.435. The molecule has 0 radical (unpaired) electrons. The number of nitrogen functional groups attached to an aromatic ring is 1. The molecule has 4 N–H and O–H groups in total. The van der Waals surface area contributed by atoms with Crippen LogP contribution >= 0.6 is 0 Å².